The summed E-state index contributed by atoms with van der Waals surface area (Å²) in [5.74, 6) is -8.27. The Morgan fingerprint density at radius 1 is 0.661 bits per heavy atom. The van der Waals surface area contributed by atoms with Crippen LogP contribution in [-0.4, -0.2) is 140 Å². The SMILES string of the molecule is CSCC[C@H](NC(=O)[C@H](CO)NC(=O)[C@H](CC(=O)O)NC(=O)[C@@H](N)CO)C(=O)N[C@@H](CC(C)C)C(=O)N[C@@H](CC(C)C)C(=O)N[C@@H](Cc1c[nH]c2ccccc12)C(=O)O. The first-order valence-corrected chi connectivity index (χ1v) is 20.5. The molecule has 13 N–H and O–H groups in total. The van der Waals surface area contributed by atoms with E-state index >= 15 is 0 Å². The number of carbonyl (C=O) groups excluding carboxylic acids is 6. The Kier molecular flexibility index (Phi) is 20.8. The second-order valence-electron chi connectivity index (χ2n) is 14.9. The van der Waals surface area contributed by atoms with Crippen molar-refractivity contribution in [3.8, 4) is 0 Å². The van der Waals surface area contributed by atoms with Crippen LogP contribution in [0.5, 0.6) is 0 Å². The molecule has 0 aliphatic rings. The van der Waals surface area contributed by atoms with Crippen LogP contribution in [0.1, 0.15) is 58.9 Å². The van der Waals surface area contributed by atoms with Crippen LogP contribution in [0.25, 0.3) is 10.9 Å². The smallest absolute Gasteiger partial charge is 0.326 e. The molecule has 1 aromatic carbocycles. The Labute approximate surface area is 346 Å². The molecule has 1 aromatic heterocycles. The van der Waals surface area contributed by atoms with E-state index in [4.69, 9.17) is 10.8 Å². The van der Waals surface area contributed by atoms with E-state index in [0.717, 1.165) is 10.9 Å². The molecular formula is C38H58N8O12S. The fraction of sp³-hybridized carbons (Fsp3) is 0.579. The molecule has 2 aromatic rings. The Bertz CT molecular complexity index is 1770. The van der Waals surface area contributed by atoms with Crippen LogP contribution >= 0.6 is 11.8 Å². The molecule has 59 heavy (non-hydrogen) atoms. The van der Waals surface area contributed by atoms with E-state index in [9.17, 15) is 53.7 Å². The lowest BCUT2D eigenvalue weighted by Crippen LogP contribution is -2.60. The number of aromatic nitrogens is 1. The van der Waals surface area contributed by atoms with Gasteiger partial charge in [-0.25, -0.2) is 4.79 Å². The van der Waals surface area contributed by atoms with Gasteiger partial charge in [0.1, 0.15) is 42.3 Å². The van der Waals surface area contributed by atoms with E-state index < -0.39 is 109 Å². The number of thioether (sulfide) groups is 1. The predicted octanol–water partition coefficient (Wildman–Crippen LogP) is -1.66. The van der Waals surface area contributed by atoms with Gasteiger partial charge in [0, 0.05) is 23.5 Å². The summed E-state index contributed by atoms with van der Waals surface area (Å²) in [6.07, 6.45) is 2.71. The van der Waals surface area contributed by atoms with Gasteiger partial charge in [-0.3, -0.25) is 33.6 Å². The van der Waals surface area contributed by atoms with Crippen LogP contribution < -0.4 is 37.6 Å². The first kappa shape index (κ1) is 49.9. The summed E-state index contributed by atoms with van der Waals surface area (Å²) in [6.45, 7) is 5.42. The minimum absolute atomic E-state index is 0.0307. The number of carboxylic acids is 2. The summed E-state index contributed by atoms with van der Waals surface area (Å²) in [6, 6.07) is -2.69. The highest BCUT2D eigenvalue weighted by Crippen LogP contribution is 2.19. The van der Waals surface area contributed by atoms with Gasteiger partial charge in [-0.1, -0.05) is 45.9 Å². The number of amides is 6. The minimum atomic E-state index is -1.75. The van der Waals surface area contributed by atoms with Crippen molar-refractivity contribution in [3.63, 3.8) is 0 Å². The number of aliphatic hydroxyl groups is 2. The number of fused-ring (bicyclic) bond motifs is 1. The van der Waals surface area contributed by atoms with Crippen molar-refractivity contribution in [1.29, 1.82) is 0 Å². The number of para-hydroxylation sites is 1. The van der Waals surface area contributed by atoms with E-state index in [1.165, 1.54) is 11.8 Å². The summed E-state index contributed by atoms with van der Waals surface area (Å²) < 4.78 is 0. The van der Waals surface area contributed by atoms with Gasteiger partial charge in [-0.05, 0) is 54.7 Å². The molecule has 0 saturated heterocycles. The number of hydrogen-bond donors (Lipinski definition) is 12. The van der Waals surface area contributed by atoms with E-state index in [0.29, 0.717) is 11.3 Å². The molecule has 0 spiro atoms. The standard InChI is InChI=1S/C38H58N8O12S/c1-19(2)12-26(34(53)44-27(13-20(3)4)35(54)45-29(38(57)58)14-21-16-40-24-9-7-6-8-22(21)24)43-33(52)25(10-11-59-5)41-37(56)30(18-48)46-36(55)28(15-31(49)50)42-32(51)23(39)17-47/h6-9,16,19-20,23,25-30,40,47-48H,10-15,17-18,39H2,1-5H3,(H,41,56)(H,42,51)(H,43,52)(H,44,53)(H,45,54)(H,46,55)(H,49,50)(H,57,58)/t23-,25-,26-,27-,28-,29-,30-/m0/s1. The maximum absolute atomic E-state index is 13.9. The number of H-pyrrole nitrogens is 1. The van der Waals surface area contributed by atoms with Gasteiger partial charge in [-0.15, -0.1) is 0 Å². The summed E-state index contributed by atoms with van der Waals surface area (Å²) in [5.41, 5.74) is 6.91. The molecule has 0 unspecified atom stereocenters. The Hall–Kier alpha value is -5.25. The average molecular weight is 851 g/mol. The number of nitrogens with one attached hydrogen (secondary N) is 7. The lowest BCUT2D eigenvalue weighted by Gasteiger charge is -2.28. The number of carbonyl (C=O) groups is 8. The van der Waals surface area contributed by atoms with Crippen LogP contribution in [-0.2, 0) is 44.8 Å². The summed E-state index contributed by atoms with van der Waals surface area (Å²) in [5, 5.41) is 53.8. The van der Waals surface area contributed by atoms with E-state index in [-0.39, 0.29) is 37.5 Å². The van der Waals surface area contributed by atoms with Gasteiger partial charge in [0.25, 0.3) is 0 Å². The minimum Gasteiger partial charge on any atom is -0.481 e. The molecule has 0 radical (unpaired) electrons. The first-order valence-electron chi connectivity index (χ1n) is 19.1. The van der Waals surface area contributed by atoms with Crippen LogP contribution in [0.15, 0.2) is 30.5 Å². The number of aliphatic carboxylic acids is 2. The van der Waals surface area contributed by atoms with Crippen molar-refractivity contribution in [3.05, 3.63) is 36.0 Å². The van der Waals surface area contributed by atoms with Gasteiger partial charge in [-0.2, -0.15) is 11.8 Å². The second-order valence-corrected chi connectivity index (χ2v) is 15.9. The molecule has 0 aliphatic heterocycles. The Morgan fingerprint density at radius 3 is 1.64 bits per heavy atom. The highest BCUT2D eigenvalue weighted by molar-refractivity contribution is 7.98. The van der Waals surface area contributed by atoms with Crippen molar-refractivity contribution in [2.24, 2.45) is 17.6 Å². The lowest BCUT2D eigenvalue weighted by molar-refractivity contribution is -0.142. The number of carboxylic acid groups (broad SMARTS) is 2. The monoisotopic (exact) mass is 850 g/mol. The van der Waals surface area contributed by atoms with Gasteiger partial charge >= 0.3 is 11.9 Å². The molecule has 21 heteroatoms. The first-order chi connectivity index (χ1) is 27.8. The molecule has 20 nitrogen and oxygen atoms in total. The fourth-order valence-corrected chi connectivity index (χ4v) is 6.40. The maximum Gasteiger partial charge on any atom is 0.326 e. The van der Waals surface area contributed by atoms with E-state index in [2.05, 4.69) is 36.9 Å². The average Bonchev–Trinajstić information content (AvgIpc) is 3.58. The van der Waals surface area contributed by atoms with Crippen molar-refractivity contribution in [2.45, 2.75) is 102 Å². The quantitative estimate of drug-likeness (QED) is 0.0504. The van der Waals surface area contributed by atoms with Crippen LogP contribution in [0, 0.1) is 11.8 Å². The van der Waals surface area contributed by atoms with Crippen molar-refractivity contribution < 1.29 is 58.8 Å². The van der Waals surface area contributed by atoms with Crippen molar-refractivity contribution in [2.75, 3.05) is 25.2 Å². The molecule has 0 saturated carbocycles. The summed E-state index contributed by atoms with van der Waals surface area (Å²) >= 11 is 1.34. The van der Waals surface area contributed by atoms with Gasteiger partial charge < -0.3 is 63.0 Å². The highest BCUT2D eigenvalue weighted by atomic mass is 32.2. The normalized spacial score (nSPS) is 14.9. The topological polar surface area (TPSA) is 331 Å². The lowest BCUT2D eigenvalue weighted by atomic mass is 9.99. The third-order valence-electron chi connectivity index (χ3n) is 9.00. The number of nitrogens with two attached hydrogens (primary N) is 1. The van der Waals surface area contributed by atoms with E-state index in [1.807, 2.05) is 38.1 Å². The number of benzene rings is 1. The molecule has 6 amide bonds. The number of hydrogen-bond acceptors (Lipinski definition) is 12. The third-order valence-corrected chi connectivity index (χ3v) is 9.64. The number of aliphatic hydroxyl groups excluding tert-OH is 2. The molecule has 1 heterocycles. The van der Waals surface area contributed by atoms with Crippen LogP contribution in [0.2, 0.25) is 0 Å². The number of rotatable bonds is 26. The van der Waals surface area contributed by atoms with Crippen molar-refractivity contribution >= 4 is 70.0 Å². The molecule has 7 atom stereocenters. The van der Waals surface area contributed by atoms with Crippen LogP contribution in [0.3, 0.4) is 0 Å². The van der Waals surface area contributed by atoms with Crippen LogP contribution in [0.4, 0.5) is 0 Å². The Balaban J connectivity index is 2.25. The van der Waals surface area contributed by atoms with Gasteiger partial charge in [0.15, 0.2) is 0 Å². The maximum atomic E-state index is 13.9. The zero-order valence-corrected chi connectivity index (χ0v) is 34.6. The molecule has 0 aliphatic carbocycles. The van der Waals surface area contributed by atoms with Gasteiger partial charge in [0.05, 0.1) is 19.6 Å². The zero-order valence-electron chi connectivity index (χ0n) is 33.8. The predicted molar refractivity (Wildman–Crippen MR) is 218 cm³/mol. The highest BCUT2D eigenvalue weighted by Gasteiger charge is 2.34. The van der Waals surface area contributed by atoms with E-state index in [1.54, 1.807) is 26.3 Å². The molecule has 0 bridgehead atoms. The Morgan fingerprint density at radius 2 is 1.14 bits per heavy atom. The molecule has 0 fully saturated rings. The fourth-order valence-electron chi connectivity index (χ4n) is 5.93. The second kappa shape index (κ2) is 24.6. The largest absolute Gasteiger partial charge is 0.481 e. The number of aromatic amines is 1. The summed E-state index contributed by atoms with van der Waals surface area (Å²) in [4.78, 5) is 106. The zero-order chi connectivity index (χ0) is 44.4. The van der Waals surface area contributed by atoms with Gasteiger partial charge in [0.2, 0.25) is 35.4 Å². The molecule has 2 rings (SSSR count). The van der Waals surface area contributed by atoms with Crippen molar-refractivity contribution in [1.82, 2.24) is 36.9 Å². The summed E-state index contributed by atoms with van der Waals surface area (Å²) in [7, 11) is 0. The third kappa shape index (κ3) is 16.5. The molecular weight excluding hydrogens is 793 g/mol. The molecule has 328 valence electrons.